The number of hydrogen-bond donors (Lipinski definition) is 1. The normalized spacial score (nSPS) is 16.7. The minimum absolute atomic E-state index is 0.0384. The number of hydrogen-bond acceptors (Lipinski definition) is 5. The Balaban J connectivity index is 1.26. The standard InChI is InChI=1S/C27H26N2O5/c30-26(29-14-6-10-22(29)19-12-13-24-25(17-19)33-16-15-32-24)18-34-23-11-5-4-9-21(23)27(31)28-20-7-2-1-3-8-20/h1-5,7-9,11-13,17,22H,6,10,14-16,18H2,(H,28,31)/t22-/m1/s1. The minimum atomic E-state index is -0.287. The van der Waals surface area contributed by atoms with Crippen LogP contribution in [0.4, 0.5) is 5.69 Å². The number of ether oxygens (including phenoxy) is 3. The molecule has 1 N–H and O–H groups in total. The van der Waals surface area contributed by atoms with E-state index in [1.54, 1.807) is 24.3 Å². The number of rotatable bonds is 6. The molecular formula is C27H26N2O5. The molecule has 0 aromatic heterocycles. The Kier molecular flexibility index (Phi) is 6.33. The number of carbonyl (C=O) groups excluding carboxylic acids is 2. The zero-order chi connectivity index (χ0) is 23.3. The molecule has 3 aromatic carbocycles. The zero-order valence-corrected chi connectivity index (χ0v) is 18.7. The van der Waals surface area contributed by atoms with Crippen molar-refractivity contribution in [3.8, 4) is 17.2 Å². The van der Waals surface area contributed by atoms with Gasteiger partial charge in [0, 0.05) is 12.2 Å². The molecule has 2 aliphatic rings. The summed E-state index contributed by atoms with van der Waals surface area (Å²) in [6.07, 6.45) is 1.79. The second kappa shape index (κ2) is 9.87. The molecule has 2 heterocycles. The van der Waals surface area contributed by atoms with E-state index in [2.05, 4.69) is 5.32 Å². The lowest BCUT2D eigenvalue weighted by Crippen LogP contribution is -2.34. The van der Waals surface area contributed by atoms with E-state index in [4.69, 9.17) is 14.2 Å². The Labute approximate surface area is 198 Å². The number of amides is 2. The van der Waals surface area contributed by atoms with E-state index in [1.807, 2.05) is 53.4 Å². The van der Waals surface area contributed by atoms with E-state index in [9.17, 15) is 9.59 Å². The van der Waals surface area contributed by atoms with Crippen LogP contribution in [-0.2, 0) is 4.79 Å². The van der Waals surface area contributed by atoms with Gasteiger partial charge in [-0.3, -0.25) is 9.59 Å². The van der Waals surface area contributed by atoms with E-state index in [1.165, 1.54) is 0 Å². The van der Waals surface area contributed by atoms with Crippen LogP contribution in [0.15, 0.2) is 72.8 Å². The van der Waals surface area contributed by atoms with Gasteiger partial charge in [0.05, 0.1) is 11.6 Å². The van der Waals surface area contributed by atoms with Crippen LogP contribution in [0.1, 0.15) is 34.8 Å². The van der Waals surface area contributed by atoms with E-state index in [-0.39, 0.29) is 24.5 Å². The summed E-state index contributed by atoms with van der Waals surface area (Å²) in [6.45, 7) is 1.59. The maximum atomic E-state index is 13.1. The monoisotopic (exact) mass is 458 g/mol. The highest BCUT2D eigenvalue weighted by atomic mass is 16.6. The van der Waals surface area contributed by atoms with Crippen LogP contribution < -0.4 is 19.5 Å². The third kappa shape index (κ3) is 4.69. The molecule has 0 saturated carbocycles. The Morgan fingerprint density at radius 3 is 2.56 bits per heavy atom. The predicted octanol–water partition coefficient (Wildman–Crippen LogP) is 4.45. The van der Waals surface area contributed by atoms with Gasteiger partial charge in [0.15, 0.2) is 18.1 Å². The van der Waals surface area contributed by atoms with Crippen molar-refractivity contribution in [2.24, 2.45) is 0 Å². The Morgan fingerprint density at radius 2 is 1.71 bits per heavy atom. The lowest BCUT2D eigenvalue weighted by molar-refractivity contribution is -0.134. The largest absolute Gasteiger partial charge is 0.486 e. The lowest BCUT2D eigenvalue weighted by atomic mass is 10.0. The number of benzene rings is 3. The molecule has 0 bridgehead atoms. The smallest absolute Gasteiger partial charge is 0.261 e. The molecule has 2 amide bonds. The van der Waals surface area contributed by atoms with Crippen LogP contribution in [0.3, 0.4) is 0 Å². The third-order valence-corrected chi connectivity index (χ3v) is 6.04. The molecule has 1 saturated heterocycles. The molecule has 3 aromatic rings. The highest BCUT2D eigenvalue weighted by Crippen LogP contribution is 2.38. The van der Waals surface area contributed by atoms with E-state index in [0.29, 0.717) is 36.8 Å². The van der Waals surface area contributed by atoms with Crippen molar-refractivity contribution >= 4 is 17.5 Å². The molecule has 7 heteroatoms. The maximum Gasteiger partial charge on any atom is 0.261 e. The summed E-state index contributed by atoms with van der Waals surface area (Å²) in [5.41, 5.74) is 2.10. The molecular weight excluding hydrogens is 432 g/mol. The van der Waals surface area contributed by atoms with Gasteiger partial charge in [0.2, 0.25) is 0 Å². The second-order valence-electron chi connectivity index (χ2n) is 8.25. The van der Waals surface area contributed by atoms with Crippen LogP contribution in [0, 0.1) is 0 Å². The van der Waals surface area contributed by atoms with Crippen molar-refractivity contribution in [1.82, 2.24) is 4.90 Å². The fourth-order valence-electron chi connectivity index (χ4n) is 4.40. The first kappa shape index (κ1) is 21.8. The van der Waals surface area contributed by atoms with E-state index < -0.39 is 0 Å². The van der Waals surface area contributed by atoms with Gasteiger partial charge >= 0.3 is 0 Å². The van der Waals surface area contributed by atoms with Gasteiger partial charge in [0.1, 0.15) is 19.0 Å². The molecule has 0 radical (unpaired) electrons. The van der Waals surface area contributed by atoms with Crippen LogP contribution in [0.25, 0.3) is 0 Å². The molecule has 0 aliphatic carbocycles. The fourth-order valence-corrected chi connectivity index (χ4v) is 4.40. The maximum absolute atomic E-state index is 13.1. The Morgan fingerprint density at radius 1 is 0.941 bits per heavy atom. The minimum Gasteiger partial charge on any atom is -0.486 e. The van der Waals surface area contributed by atoms with E-state index in [0.717, 1.165) is 29.9 Å². The molecule has 174 valence electrons. The summed E-state index contributed by atoms with van der Waals surface area (Å²) in [5, 5.41) is 2.86. The van der Waals surface area contributed by atoms with E-state index >= 15 is 0 Å². The number of nitrogens with one attached hydrogen (secondary N) is 1. The Hall–Kier alpha value is -4.00. The van der Waals surface area contributed by atoms with Crippen molar-refractivity contribution in [3.05, 3.63) is 83.9 Å². The predicted molar refractivity (Wildman–Crippen MR) is 127 cm³/mol. The van der Waals surface area contributed by atoms with Gasteiger partial charge in [-0.15, -0.1) is 0 Å². The number of anilines is 1. The summed E-state index contributed by atoms with van der Waals surface area (Å²) < 4.78 is 17.2. The van der Waals surface area contributed by atoms with Crippen LogP contribution in [0.5, 0.6) is 17.2 Å². The Bertz CT molecular complexity index is 1180. The summed E-state index contributed by atoms with van der Waals surface area (Å²) >= 11 is 0. The molecule has 1 atom stereocenters. The van der Waals surface area contributed by atoms with Gasteiger partial charge < -0.3 is 24.4 Å². The molecule has 34 heavy (non-hydrogen) atoms. The van der Waals surface area contributed by atoms with Crippen molar-refractivity contribution in [1.29, 1.82) is 0 Å². The summed E-state index contributed by atoms with van der Waals surface area (Å²) in [5.74, 6) is 1.43. The highest BCUT2D eigenvalue weighted by molar-refractivity contribution is 6.06. The zero-order valence-electron chi connectivity index (χ0n) is 18.7. The number of nitrogens with zero attached hydrogens (tertiary/aromatic N) is 1. The lowest BCUT2D eigenvalue weighted by Gasteiger charge is -2.27. The highest BCUT2D eigenvalue weighted by Gasteiger charge is 2.31. The van der Waals surface area contributed by atoms with Gasteiger partial charge in [-0.25, -0.2) is 0 Å². The summed E-state index contributed by atoms with van der Waals surface area (Å²) in [7, 11) is 0. The van der Waals surface area contributed by atoms with Gasteiger partial charge in [-0.2, -0.15) is 0 Å². The molecule has 1 fully saturated rings. The molecule has 7 nitrogen and oxygen atoms in total. The van der Waals surface area contributed by atoms with Gasteiger partial charge in [-0.1, -0.05) is 36.4 Å². The topological polar surface area (TPSA) is 77.1 Å². The molecule has 5 rings (SSSR count). The average Bonchev–Trinajstić information content (AvgIpc) is 3.38. The van der Waals surface area contributed by atoms with Crippen LogP contribution in [-0.4, -0.2) is 43.1 Å². The first-order valence-electron chi connectivity index (χ1n) is 11.5. The summed E-state index contributed by atoms with van der Waals surface area (Å²) in [6, 6.07) is 22.0. The van der Waals surface area contributed by atoms with Crippen molar-refractivity contribution in [3.63, 3.8) is 0 Å². The van der Waals surface area contributed by atoms with Crippen molar-refractivity contribution < 1.29 is 23.8 Å². The SMILES string of the molecule is O=C(Nc1ccccc1)c1ccccc1OCC(=O)N1CCC[C@@H]1c1ccc2c(c1)OCCO2. The van der Waals surface area contributed by atoms with Crippen LogP contribution in [0.2, 0.25) is 0 Å². The van der Waals surface area contributed by atoms with Crippen molar-refractivity contribution in [2.75, 3.05) is 31.7 Å². The van der Waals surface area contributed by atoms with Crippen LogP contribution >= 0.6 is 0 Å². The molecule has 0 spiro atoms. The van der Waals surface area contributed by atoms with Crippen molar-refractivity contribution in [2.45, 2.75) is 18.9 Å². The molecule has 0 unspecified atom stereocenters. The first-order valence-corrected chi connectivity index (χ1v) is 11.5. The quantitative estimate of drug-likeness (QED) is 0.591. The third-order valence-electron chi connectivity index (χ3n) is 6.04. The summed E-state index contributed by atoms with van der Waals surface area (Å²) in [4.78, 5) is 27.7. The number of likely N-dealkylation sites (tertiary alicyclic amines) is 1. The number of carbonyl (C=O) groups is 2. The number of para-hydroxylation sites is 2. The fraction of sp³-hybridized carbons (Fsp3) is 0.259. The average molecular weight is 459 g/mol. The van der Waals surface area contributed by atoms with Gasteiger partial charge in [-0.05, 0) is 54.8 Å². The number of fused-ring (bicyclic) bond motifs is 1. The second-order valence-corrected chi connectivity index (χ2v) is 8.25. The van der Waals surface area contributed by atoms with Gasteiger partial charge in [0.25, 0.3) is 11.8 Å². The molecule has 2 aliphatic heterocycles. The first-order chi connectivity index (χ1) is 16.7.